The minimum atomic E-state index is -0.503. The largest absolute Gasteiger partial charge is 0.310 e. The minimum absolute atomic E-state index is 0.00542. The molecule has 1 saturated carbocycles. The van der Waals surface area contributed by atoms with Crippen molar-refractivity contribution in [1.82, 2.24) is 5.32 Å². The second-order valence-corrected chi connectivity index (χ2v) is 5.82. The summed E-state index contributed by atoms with van der Waals surface area (Å²) in [4.78, 5) is 0. The topological polar surface area (TPSA) is 12.0 Å². The van der Waals surface area contributed by atoms with Crippen LogP contribution in [0.2, 0.25) is 0 Å². The molecule has 0 amide bonds. The van der Waals surface area contributed by atoms with Gasteiger partial charge in [-0.1, -0.05) is 45.6 Å². The zero-order chi connectivity index (χ0) is 14.5. The van der Waals surface area contributed by atoms with E-state index in [1.807, 2.05) is 6.92 Å². The molecule has 0 heterocycles. The van der Waals surface area contributed by atoms with Crippen LogP contribution in [0, 0.1) is 23.5 Å². The van der Waals surface area contributed by atoms with Crippen molar-refractivity contribution in [3.63, 3.8) is 0 Å². The summed E-state index contributed by atoms with van der Waals surface area (Å²) >= 11 is 0. The third-order valence-electron chi connectivity index (χ3n) is 4.64. The van der Waals surface area contributed by atoms with Crippen LogP contribution in [0.15, 0.2) is 18.2 Å². The zero-order valence-corrected chi connectivity index (χ0v) is 12.5. The smallest absolute Gasteiger partial charge is 0.130 e. The Kier molecular flexibility index (Phi) is 5.53. The predicted octanol–water partition coefficient (Wildman–Crippen LogP) is 4.83. The summed E-state index contributed by atoms with van der Waals surface area (Å²) in [5.74, 6) is 0.166. The van der Waals surface area contributed by atoms with Gasteiger partial charge in [0.15, 0.2) is 0 Å². The third-order valence-corrected chi connectivity index (χ3v) is 4.64. The molecule has 0 saturated heterocycles. The van der Waals surface area contributed by atoms with E-state index in [0.717, 1.165) is 25.5 Å². The molecule has 1 fully saturated rings. The molecule has 1 aliphatic carbocycles. The Hall–Kier alpha value is -0.960. The number of hydrogen-bond donors (Lipinski definition) is 1. The number of nitrogens with one attached hydrogen (secondary N) is 1. The molecule has 1 N–H and O–H groups in total. The second kappa shape index (κ2) is 7.16. The highest BCUT2D eigenvalue weighted by atomic mass is 19.1. The van der Waals surface area contributed by atoms with E-state index in [1.165, 1.54) is 25.3 Å². The van der Waals surface area contributed by atoms with Crippen LogP contribution < -0.4 is 5.32 Å². The molecule has 1 nitrogen and oxygen atoms in total. The molecule has 0 radical (unpaired) electrons. The van der Waals surface area contributed by atoms with Crippen molar-refractivity contribution in [1.29, 1.82) is 0 Å². The molecular weight excluding hydrogens is 256 g/mol. The quantitative estimate of drug-likeness (QED) is 0.815. The Bertz CT molecular complexity index is 433. The molecule has 2 rings (SSSR count). The molecule has 1 aliphatic rings. The fourth-order valence-electron chi connectivity index (χ4n) is 3.65. The van der Waals surface area contributed by atoms with Crippen molar-refractivity contribution in [3.05, 3.63) is 35.4 Å². The molecule has 0 aliphatic heterocycles. The van der Waals surface area contributed by atoms with Gasteiger partial charge in [-0.2, -0.15) is 0 Å². The van der Waals surface area contributed by atoms with Gasteiger partial charge in [0.25, 0.3) is 0 Å². The Morgan fingerprint density at radius 3 is 2.60 bits per heavy atom. The van der Waals surface area contributed by atoms with Gasteiger partial charge in [-0.3, -0.25) is 0 Å². The summed E-state index contributed by atoms with van der Waals surface area (Å²) < 4.78 is 27.3. The van der Waals surface area contributed by atoms with Crippen LogP contribution in [0.4, 0.5) is 8.78 Å². The van der Waals surface area contributed by atoms with Crippen LogP contribution in [0.25, 0.3) is 0 Å². The summed E-state index contributed by atoms with van der Waals surface area (Å²) in [6.45, 7) is 5.06. The van der Waals surface area contributed by atoms with E-state index in [-0.39, 0.29) is 6.04 Å². The highest BCUT2D eigenvalue weighted by molar-refractivity contribution is 5.23. The van der Waals surface area contributed by atoms with Crippen molar-refractivity contribution in [3.8, 4) is 0 Å². The van der Waals surface area contributed by atoms with E-state index >= 15 is 0 Å². The maximum atomic E-state index is 14.1. The molecule has 1 aromatic carbocycles. The van der Waals surface area contributed by atoms with Crippen LogP contribution in [0.1, 0.15) is 57.6 Å². The summed E-state index contributed by atoms with van der Waals surface area (Å²) in [6.07, 6.45) is 5.99. The van der Waals surface area contributed by atoms with Gasteiger partial charge in [0.05, 0.1) is 0 Å². The van der Waals surface area contributed by atoms with Gasteiger partial charge >= 0.3 is 0 Å². The molecule has 1 aromatic rings. The Labute approximate surface area is 120 Å². The first-order chi connectivity index (χ1) is 9.67. The maximum absolute atomic E-state index is 14.1. The number of rotatable bonds is 5. The molecule has 0 bridgehead atoms. The average Bonchev–Trinajstić information content (AvgIpc) is 2.45. The second-order valence-electron chi connectivity index (χ2n) is 5.82. The predicted molar refractivity (Wildman–Crippen MR) is 78.5 cm³/mol. The number of hydrogen-bond acceptors (Lipinski definition) is 1. The van der Waals surface area contributed by atoms with Gasteiger partial charge in [0.1, 0.15) is 11.6 Å². The van der Waals surface area contributed by atoms with Crippen molar-refractivity contribution >= 4 is 0 Å². The number of benzene rings is 1. The first-order valence-corrected chi connectivity index (χ1v) is 7.85. The van der Waals surface area contributed by atoms with Crippen molar-refractivity contribution in [2.45, 2.75) is 52.0 Å². The van der Waals surface area contributed by atoms with E-state index in [4.69, 9.17) is 0 Å². The Morgan fingerprint density at radius 2 is 1.95 bits per heavy atom. The molecule has 3 heteroatoms. The molecular formula is C17H25F2N. The van der Waals surface area contributed by atoms with Gasteiger partial charge < -0.3 is 5.32 Å². The lowest BCUT2D eigenvalue weighted by molar-refractivity contribution is 0.174. The lowest BCUT2D eigenvalue weighted by atomic mass is 9.72. The SMILES string of the molecule is CCNC(c1ccc(F)cc1F)C1CCCCC1CC. The Balaban J connectivity index is 2.29. The zero-order valence-electron chi connectivity index (χ0n) is 12.5. The summed E-state index contributed by atoms with van der Waals surface area (Å²) in [7, 11) is 0. The monoisotopic (exact) mass is 281 g/mol. The lowest BCUT2D eigenvalue weighted by Gasteiger charge is -2.37. The molecule has 20 heavy (non-hydrogen) atoms. The van der Waals surface area contributed by atoms with Crippen LogP contribution in [-0.4, -0.2) is 6.54 Å². The van der Waals surface area contributed by atoms with Crippen LogP contribution in [-0.2, 0) is 0 Å². The van der Waals surface area contributed by atoms with Crippen molar-refractivity contribution < 1.29 is 8.78 Å². The summed E-state index contributed by atoms with van der Waals surface area (Å²) in [6, 6.07) is 3.99. The molecule has 0 spiro atoms. The average molecular weight is 281 g/mol. The Morgan fingerprint density at radius 1 is 1.20 bits per heavy atom. The molecule has 112 valence electrons. The van der Waals surface area contributed by atoms with Crippen LogP contribution in [0.5, 0.6) is 0 Å². The fraction of sp³-hybridized carbons (Fsp3) is 0.647. The standard InChI is InChI=1S/C17H25F2N/c1-3-12-7-5-6-8-14(12)17(20-4-2)15-10-9-13(18)11-16(15)19/h9-12,14,17,20H,3-8H2,1-2H3. The normalized spacial score (nSPS) is 24.6. The van der Waals surface area contributed by atoms with Gasteiger partial charge in [0.2, 0.25) is 0 Å². The first-order valence-electron chi connectivity index (χ1n) is 7.85. The van der Waals surface area contributed by atoms with Gasteiger partial charge in [-0.05, 0) is 30.9 Å². The van der Waals surface area contributed by atoms with Gasteiger partial charge in [-0.15, -0.1) is 0 Å². The van der Waals surface area contributed by atoms with Gasteiger partial charge in [0, 0.05) is 17.7 Å². The van der Waals surface area contributed by atoms with Crippen molar-refractivity contribution in [2.24, 2.45) is 11.8 Å². The van der Waals surface area contributed by atoms with Crippen LogP contribution in [0.3, 0.4) is 0 Å². The highest BCUT2D eigenvalue weighted by Crippen LogP contribution is 2.40. The van der Waals surface area contributed by atoms with Crippen molar-refractivity contribution in [2.75, 3.05) is 6.54 Å². The summed E-state index contributed by atoms with van der Waals surface area (Å²) in [5, 5.41) is 3.43. The van der Waals surface area contributed by atoms with Crippen LogP contribution >= 0.6 is 0 Å². The molecule has 3 atom stereocenters. The van der Waals surface area contributed by atoms with E-state index in [0.29, 0.717) is 17.4 Å². The number of halogens is 2. The van der Waals surface area contributed by atoms with E-state index < -0.39 is 11.6 Å². The third kappa shape index (κ3) is 3.38. The fourth-order valence-corrected chi connectivity index (χ4v) is 3.65. The molecule has 3 unspecified atom stereocenters. The van der Waals surface area contributed by atoms with E-state index in [9.17, 15) is 8.78 Å². The first kappa shape index (κ1) is 15.4. The summed E-state index contributed by atoms with van der Waals surface area (Å²) in [5.41, 5.74) is 0.624. The minimum Gasteiger partial charge on any atom is -0.310 e. The highest BCUT2D eigenvalue weighted by Gasteiger charge is 2.32. The van der Waals surface area contributed by atoms with Gasteiger partial charge in [-0.25, -0.2) is 8.78 Å². The van der Waals surface area contributed by atoms with E-state index in [2.05, 4.69) is 12.2 Å². The lowest BCUT2D eigenvalue weighted by Crippen LogP contribution is -2.35. The maximum Gasteiger partial charge on any atom is 0.130 e. The van der Waals surface area contributed by atoms with E-state index in [1.54, 1.807) is 6.07 Å². The molecule has 0 aromatic heterocycles.